The molecule has 9 heteroatoms. The van der Waals surface area contributed by atoms with Gasteiger partial charge in [0.2, 0.25) is 5.89 Å². The Hall–Kier alpha value is -2.04. The predicted molar refractivity (Wildman–Crippen MR) is 138 cm³/mol. The predicted octanol–water partition coefficient (Wildman–Crippen LogP) is 4.86. The van der Waals surface area contributed by atoms with Gasteiger partial charge < -0.3 is 24.6 Å². The summed E-state index contributed by atoms with van der Waals surface area (Å²) in [6.07, 6.45) is 1.55. The number of aromatic nitrogens is 2. The molecular weight excluding hydrogens is 521 g/mol. The minimum Gasteiger partial charge on any atom is -0.490 e. The molecular formula is C23H38IN5O3. The Labute approximate surface area is 209 Å². The lowest BCUT2D eigenvalue weighted by atomic mass is 10.1. The molecule has 2 N–H and O–H groups in total. The summed E-state index contributed by atoms with van der Waals surface area (Å²) in [5.74, 6) is 4.00. The number of guanidine groups is 1. The quantitative estimate of drug-likeness (QED) is 0.166. The first-order chi connectivity index (χ1) is 15.0. The van der Waals surface area contributed by atoms with Gasteiger partial charge in [0, 0.05) is 25.4 Å². The Bertz CT molecular complexity index is 826. The molecule has 0 aliphatic rings. The summed E-state index contributed by atoms with van der Waals surface area (Å²) in [6.45, 7) is 14.8. The van der Waals surface area contributed by atoms with Crippen molar-refractivity contribution in [2.45, 2.75) is 66.3 Å². The lowest BCUT2D eigenvalue weighted by Crippen LogP contribution is -2.38. The number of aliphatic imine (C=N–C) groups is 1. The highest BCUT2D eigenvalue weighted by Crippen LogP contribution is 2.30. The van der Waals surface area contributed by atoms with Gasteiger partial charge in [-0.25, -0.2) is 0 Å². The zero-order valence-electron chi connectivity index (χ0n) is 20.1. The van der Waals surface area contributed by atoms with Crippen molar-refractivity contribution in [2.75, 3.05) is 26.3 Å². The summed E-state index contributed by atoms with van der Waals surface area (Å²) in [6, 6.07) is 6.09. The molecule has 1 atom stereocenters. The molecule has 0 radical (unpaired) electrons. The first kappa shape index (κ1) is 28.0. The fourth-order valence-corrected chi connectivity index (χ4v) is 2.97. The number of aryl methyl sites for hydroxylation is 1. The highest BCUT2D eigenvalue weighted by atomic mass is 127. The van der Waals surface area contributed by atoms with Crippen LogP contribution in [0.25, 0.3) is 0 Å². The number of ether oxygens (including phenoxy) is 2. The molecule has 1 unspecified atom stereocenters. The number of hydrogen-bond acceptors (Lipinski definition) is 6. The maximum absolute atomic E-state index is 5.75. The molecule has 2 aromatic rings. The van der Waals surface area contributed by atoms with Gasteiger partial charge in [0.15, 0.2) is 23.3 Å². The largest absolute Gasteiger partial charge is 0.490 e. The average molecular weight is 559 g/mol. The standard InChI is InChI=1S/C23H37N5O3.HI/c1-7-24-23(25-14-10-11-21-27-22(16(4)5)28-31-21)26-17(6)18-12-13-19(29-8-2)20(15-18)30-9-3;/h12-13,15-17H,7-11,14H2,1-6H3,(H2,24,25,26);1H. The van der Waals surface area contributed by atoms with Crippen LogP contribution in [0.15, 0.2) is 27.7 Å². The Morgan fingerprint density at radius 3 is 2.44 bits per heavy atom. The molecule has 1 aromatic heterocycles. The van der Waals surface area contributed by atoms with Crippen LogP contribution in [0.1, 0.15) is 77.2 Å². The van der Waals surface area contributed by atoms with Crippen LogP contribution in [-0.2, 0) is 6.42 Å². The Morgan fingerprint density at radius 1 is 1.09 bits per heavy atom. The molecule has 0 aliphatic heterocycles. The first-order valence-corrected chi connectivity index (χ1v) is 11.2. The van der Waals surface area contributed by atoms with Crippen LogP contribution in [0.3, 0.4) is 0 Å². The SMILES string of the molecule is CCNC(=NCCCc1nc(C(C)C)no1)NC(C)c1ccc(OCC)c(OCC)c1.I. The molecule has 0 bridgehead atoms. The van der Waals surface area contributed by atoms with Crippen molar-refractivity contribution in [3.05, 3.63) is 35.5 Å². The average Bonchev–Trinajstić information content (AvgIpc) is 3.22. The van der Waals surface area contributed by atoms with Gasteiger partial charge >= 0.3 is 0 Å². The Morgan fingerprint density at radius 2 is 1.81 bits per heavy atom. The highest BCUT2D eigenvalue weighted by molar-refractivity contribution is 14.0. The lowest BCUT2D eigenvalue weighted by Gasteiger charge is -2.20. The second-order valence-electron chi connectivity index (χ2n) is 7.50. The fourth-order valence-electron chi connectivity index (χ4n) is 2.97. The van der Waals surface area contributed by atoms with E-state index in [2.05, 4.69) is 54.5 Å². The van der Waals surface area contributed by atoms with Gasteiger partial charge in [-0.15, -0.1) is 24.0 Å². The van der Waals surface area contributed by atoms with Crippen LogP contribution < -0.4 is 20.1 Å². The fraction of sp³-hybridized carbons (Fsp3) is 0.609. The number of nitrogens with one attached hydrogen (secondary N) is 2. The summed E-state index contributed by atoms with van der Waals surface area (Å²) in [5.41, 5.74) is 1.10. The van der Waals surface area contributed by atoms with Gasteiger partial charge in [-0.05, 0) is 51.8 Å². The summed E-state index contributed by atoms with van der Waals surface area (Å²) in [4.78, 5) is 9.11. The van der Waals surface area contributed by atoms with E-state index in [0.717, 1.165) is 48.2 Å². The van der Waals surface area contributed by atoms with Crippen molar-refractivity contribution in [1.82, 2.24) is 20.8 Å². The van der Waals surface area contributed by atoms with E-state index < -0.39 is 0 Å². The van der Waals surface area contributed by atoms with Gasteiger partial charge in [-0.2, -0.15) is 4.98 Å². The molecule has 8 nitrogen and oxygen atoms in total. The molecule has 1 heterocycles. The molecule has 0 fully saturated rings. The van der Waals surface area contributed by atoms with Crippen molar-refractivity contribution in [2.24, 2.45) is 4.99 Å². The van der Waals surface area contributed by atoms with Gasteiger partial charge in [-0.1, -0.05) is 25.1 Å². The Balaban J connectivity index is 0.00000512. The summed E-state index contributed by atoms with van der Waals surface area (Å²) >= 11 is 0. The van der Waals surface area contributed by atoms with Crippen LogP contribution in [0.5, 0.6) is 11.5 Å². The van der Waals surface area contributed by atoms with Gasteiger partial charge in [-0.3, -0.25) is 4.99 Å². The van der Waals surface area contributed by atoms with Gasteiger partial charge in [0.05, 0.1) is 19.3 Å². The molecule has 0 amide bonds. The van der Waals surface area contributed by atoms with Crippen molar-refractivity contribution in [3.8, 4) is 11.5 Å². The number of halogens is 1. The minimum absolute atomic E-state index is 0. The monoisotopic (exact) mass is 559 g/mol. The third-order valence-electron chi connectivity index (χ3n) is 4.58. The molecule has 2 rings (SSSR count). The van der Waals surface area contributed by atoms with E-state index in [0.29, 0.717) is 25.6 Å². The van der Waals surface area contributed by atoms with E-state index in [1.807, 2.05) is 26.0 Å². The van der Waals surface area contributed by atoms with Crippen LogP contribution in [0.2, 0.25) is 0 Å². The van der Waals surface area contributed by atoms with E-state index in [4.69, 9.17) is 19.0 Å². The third-order valence-corrected chi connectivity index (χ3v) is 4.58. The highest BCUT2D eigenvalue weighted by Gasteiger charge is 2.13. The molecule has 0 saturated heterocycles. The van der Waals surface area contributed by atoms with Crippen molar-refractivity contribution in [1.29, 1.82) is 0 Å². The van der Waals surface area contributed by atoms with Crippen molar-refractivity contribution < 1.29 is 14.0 Å². The molecule has 180 valence electrons. The maximum atomic E-state index is 5.75. The van der Waals surface area contributed by atoms with Crippen molar-refractivity contribution >= 4 is 29.9 Å². The molecule has 0 aliphatic carbocycles. The summed E-state index contributed by atoms with van der Waals surface area (Å²) in [7, 11) is 0. The molecule has 0 saturated carbocycles. The summed E-state index contributed by atoms with van der Waals surface area (Å²) < 4.78 is 16.7. The Kier molecular flexibility index (Phi) is 13.0. The van der Waals surface area contributed by atoms with E-state index in [9.17, 15) is 0 Å². The van der Waals surface area contributed by atoms with Crippen LogP contribution >= 0.6 is 24.0 Å². The molecule has 0 spiro atoms. The van der Waals surface area contributed by atoms with Crippen LogP contribution in [-0.4, -0.2) is 42.4 Å². The van der Waals surface area contributed by atoms with Gasteiger partial charge in [0.1, 0.15) is 0 Å². The third kappa shape index (κ3) is 8.84. The minimum atomic E-state index is 0. The van der Waals surface area contributed by atoms with Crippen molar-refractivity contribution in [3.63, 3.8) is 0 Å². The molecule has 32 heavy (non-hydrogen) atoms. The second kappa shape index (κ2) is 14.9. The van der Waals surface area contributed by atoms with E-state index in [1.165, 1.54) is 0 Å². The zero-order chi connectivity index (χ0) is 22.6. The zero-order valence-corrected chi connectivity index (χ0v) is 22.4. The van der Waals surface area contributed by atoms with E-state index in [-0.39, 0.29) is 35.9 Å². The normalized spacial score (nSPS) is 12.3. The first-order valence-electron chi connectivity index (χ1n) is 11.2. The van der Waals surface area contributed by atoms with Crippen LogP contribution in [0.4, 0.5) is 0 Å². The van der Waals surface area contributed by atoms with E-state index in [1.54, 1.807) is 0 Å². The van der Waals surface area contributed by atoms with E-state index >= 15 is 0 Å². The number of rotatable bonds is 12. The lowest BCUT2D eigenvalue weighted by molar-refractivity contribution is 0.287. The number of benzene rings is 1. The van der Waals surface area contributed by atoms with Crippen LogP contribution in [0, 0.1) is 0 Å². The number of nitrogens with zero attached hydrogens (tertiary/aromatic N) is 3. The second-order valence-corrected chi connectivity index (χ2v) is 7.50. The summed E-state index contributed by atoms with van der Waals surface area (Å²) in [5, 5.41) is 10.8. The van der Waals surface area contributed by atoms with Gasteiger partial charge in [0.25, 0.3) is 0 Å². The maximum Gasteiger partial charge on any atom is 0.226 e. The number of hydrogen-bond donors (Lipinski definition) is 2. The topological polar surface area (TPSA) is 93.8 Å². The smallest absolute Gasteiger partial charge is 0.226 e. The molecule has 1 aromatic carbocycles.